The van der Waals surface area contributed by atoms with Gasteiger partial charge in [0.15, 0.2) is 5.79 Å². The molecule has 4 saturated carbocycles. The smallest absolute Gasteiger partial charge is 0.174 e. The molecule has 1 heterocycles. The van der Waals surface area contributed by atoms with E-state index in [-0.39, 0.29) is 28.8 Å². The number of ether oxygens (including phenoxy) is 2. The van der Waals surface area contributed by atoms with Crippen molar-refractivity contribution in [3.63, 3.8) is 0 Å². The number of aliphatic hydroxyl groups is 3. The van der Waals surface area contributed by atoms with Gasteiger partial charge in [0.2, 0.25) is 0 Å². The summed E-state index contributed by atoms with van der Waals surface area (Å²) in [4.78, 5) is 0. The molecule has 5 nitrogen and oxygen atoms in total. The minimum Gasteiger partial charge on any atom is -0.393 e. The molecule has 5 heteroatoms. The van der Waals surface area contributed by atoms with Gasteiger partial charge in [-0.3, -0.25) is 0 Å². The van der Waals surface area contributed by atoms with Gasteiger partial charge in [0.1, 0.15) is 0 Å². The van der Waals surface area contributed by atoms with Crippen molar-refractivity contribution in [3.05, 3.63) is 0 Å². The van der Waals surface area contributed by atoms with Crippen molar-refractivity contribution in [2.24, 2.45) is 34.5 Å². The highest BCUT2D eigenvalue weighted by atomic mass is 16.7. The molecule has 0 radical (unpaired) electrons. The van der Waals surface area contributed by atoms with E-state index >= 15 is 0 Å². The molecule has 3 N–H and O–H groups in total. The number of aliphatic hydroxyl groups excluding tert-OH is 3. The van der Waals surface area contributed by atoms with E-state index in [1.165, 1.54) is 0 Å². The van der Waals surface area contributed by atoms with Crippen LogP contribution in [0.2, 0.25) is 0 Å². The largest absolute Gasteiger partial charge is 0.393 e. The van der Waals surface area contributed by atoms with Crippen LogP contribution in [0, 0.1) is 34.5 Å². The fourth-order valence-corrected chi connectivity index (χ4v) is 8.13. The first-order valence-electron chi connectivity index (χ1n) is 10.6. The lowest BCUT2D eigenvalue weighted by Crippen LogP contribution is -2.65. The summed E-state index contributed by atoms with van der Waals surface area (Å²) in [7, 11) is 0. The van der Waals surface area contributed by atoms with Crippen LogP contribution in [0.15, 0.2) is 0 Å². The number of rotatable bonds is 0. The average molecular weight is 366 g/mol. The molecule has 5 rings (SSSR count). The Hall–Kier alpha value is -0.200. The number of fused-ring (bicyclic) bond motifs is 6. The maximum atomic E-state index is 11.2. The molecule has 148 valence electrons. The maximum Gasteiger partial charge on any atom is 0.174 e. The molecule has 5 fully saturated rings. The van der Waals surface area contributed by atoms with E-state index in [0.29, 0.717) is 31.5 Å². The third-order valence-corrected chi connectivity index (χ3v) is 9.52. The molecular weight excluding hydrogens is 332 g/mol. The minimum absolute atomic E-state index is 0.00111. The summed E-state index contributed by atoms with van der Waals surface area (Å²) < 4.78 is 12.3. The zero-order valence-electron chi connectivity index (χ0n) is 16.1. The van der Waals surface area contributed by atoms with E-state index in [4.69, 9.17) is 9.47 Å². The standard InChI is InChI=1S/C21H34O5/c1-19-6-3-12(22)11-15(19)17(23)18(24)16-13(19)4-7-20(2)14(16)5-8-21(20)25-9-10-26-21/h12-18,22-24H,3-11H2,1-2H3/t12-,13-,14-,15+,16+,17+,18+,19+,20-/m0/s1. The summed E-state index contributed by atoms with van der Waals surface area (Å²) in [5.74, 6) is 0.364. The molecule has 5 aliphatic rings. The van der Waals surface area contributed by atoms with Crippen LogP contribution in [0.25, 0.3) is 0 Å². The molecule has 0 aromatic rings. The van der Waals surface area contributed by atoms with Crippen LogP contribution in [0.5, 0.6) is 0 Å². The first-order chi connectivity index (χ1) is 12.3. The van der Waals surface area contributed by atoms with Crippen molar-refractivity contribution in [3.8, 4) is 0 Å². The van der Waals surface area contributed by atoms with Crippen molar-refractivity contribution in [1.82, 2.24) is 0 Å². The summed E-state index contributed by atoms with van der Waals surface area (Å²) in [6.07, 6.45) is 4.63. The quantitative estimate of drug-likeness (QED) is 0.612. The van der Waals surface area contributed by atoms with Gasteiger partial charge in [-0.2, -0.15) is 0 Å². The molecule has 0 aromatic heterocycles. The second-order valence-corrected chi connectivity index (χ2v) is 10.3. The van der Waals surface area contributed by atoms with E-state index in [1.807, 2.05) is 0 Å². The molecular formula is C21H34O5. The molecule has 1 aliphatic heterocycles. The normalized spacial score (nSPS) is 58.3. The zero-order valence-corrected chi connectivity index (χ0v) is 16.1. The van der Waals surface area contributed by atoms with Gasteiger partial charge in [0, 0.05) is 11.8 Å². The van der Waals surface area contributed by atoms with E-state index in [9.17, 15) is 15.3 Å². The summed E-state index contributed by atoms with van der Waals surface area (Å²) in [6, 6.07) is 0. The van der Waals surface area contributed by atoms with Gasteiger partial charge in [0.05, 0.1) is 31.5 Å². The Morgan fingerprint density at radius 3 is 2.19 bits per heavy atom. The van der Waals surface area contributed by atoms with Crippen LogP contribution < -0.4 is 0 Å². The van der Waals surface area contributed by atoms with Gasteiger partial charge in [-0.1, -0.05) is 13.8 Å². The van der Waals surface area contributed by atoms with Crippen LogP contribution in [0.1, 0.15) is 58.8 Å². The van der Waals surface area contributed by atoms with Crippen molar-refractivity contribution in [1.29, 1.82) is 0 Å². The summed E-state index contributed by atoms with van der Waals surface area (Å²) in [5, 5.41) is 32.4. The SMILES string of the molecule is C[C@]12CC[C@H](O)C[C@@H]1[C@@H](O)[C@H](O)[C@@H]1[C@@H]2CC[C@@]2(C)[C@H]1CCC21OCCO1. The molecule has 4 aliphatic carbocycles. The first-order valence-corrected chi connectivity index (χ1v) is 10.6. The Kier molecular flexibility index (Phi) is 3.89. The third-order valence-electron chi connectivity index (χ3n) is 9.52. The molecule has 1 saturated heterocycles. The first kappa shape index (κ1) is 17.9. The summed E-state index contributed by atoms with van der Waals surface area (Å²) in [5.41, 5.74) is -0.0697. The monoisotopic (exact) mass is 366 g/mol. The molecule has 1 spiro atoms. The minimum atomic E-state index is -0.736. The highest BCUT2D eigenvalue weighted by Crippen LogP contribution is 2.69. The number of hydrogen-bond donors (Lipinski definition) is 3. The third kappa shape index (κ3) is 2.04. The summed E-state index contributed by atoms with van der Waals surface area (Å²) in [6.45, 7) is 5.94. The van der Waals surface area contributed by atoms with Crippen LogP contribution in [0.4, 0.5) is 0 Å². The van der Waals surface area contributed by atoms with Crippen molar-refractivity contribution < 1.29 is 24.8 Å². The van der Waals surface area contributed by atoms with E-state index in [1.54, 1.807) is 0 Å². The topological polar surface area (TPSA) is 79.2 Å². The Bertz CT molecular complexity index is 575. The van der Waals surface area contributed by atoms with Crippen molar-refractivity contribution >= 4 is 0 Å². The Labute approximate surface area is 156 Å². The summed E-state index contributed by atoms with van der Waals surface area (Å²) >= 11 is 0. The molecule has 0 aromatic carbocycles. The maximum absolute atomic E-state index is 11.2. The fraction of sp³-hybridized carbons (Fsp3) is 1.00. The lowest BCUT2D eigenvalue weighted by molar-refractivity contribution is -0.269. The Balaban J connectivity index is 1.52. The van der Waals surface area contributed by atoms with Gasteiger partial charge >= 0.3 is 0 Å². The van der Waals surface area contributed by atoms with Crippen molar-refractivity contribution in [2.75, 3.05) is 13.2 Å². The molecule has 0 bridgehead atoms. The predicted molar refractivity (Wildman–Crippen MR) is 95.1 cm³/mol. The molecule has 9 atom stereocenters. The highest BCUT2D eigenvalue weighted by molar-refractivity contribution is 5.16. The fourth-order valence-electron chi connectivity index (χ4n) is 8.13. The zero-order chi connectivity index (χ0) is 18.3. The van der Waals surface area contributed by atoms with E-state index < -0.39 is 18.0 Å². The molecule has 0 amide bonds. The van der Waals surface area contributed by atoms with Gasteiger partial charge in [0.25, 0.3) is 0 Å². The van der Waals surface area contributed by atoms with Gasteiger partial charge in [-0.25, -0.2) is 0 Å². The lowest BCUT2D eigenvalue weighted by atomic mass is 9.43. The van der Waals surface area contributed by atoms with E-state index in [0.717, 1.165) is 38.5 Å². The highest BCUT2D eigenvalue weighted by Gasteiger charge is 2.70. The van der Waals surface area contributed by atoms with Crippen molar-refractivity contribution in [2.45, 2.75) is 82.9 Å². The predicted octanol–water partition coefficient (Wildman–Crippen LogP) is 2.07. The second-order valence-electron chi connectivity index (χ2n) is 10.3. The van der Waals surface area contributed by atoms with Crippen LogP contribution in [-0.4, -0.2) is 52.6 Å². The van der Waals surface area contributed by atoms with Crippen LogP contribution >= 0.6 is 0 Å². The van der Waals surface area contributed by atoms with Crippen LogP contribution in [0.3, 0.4) is 0 Å². The van der Waals surface area contributed by atoms with Gasteiger partial charge in [-0.05, 0) is 67.6 Å². The molecule has 0 unspecified atom stereocenters. The van der Waals surface area contributed by atoms with Crippen LogP contribution in [-0.2, 0) is 9.47 Å². The van der Waals surface area contributed by atoms with Gasteiger partial charge < -0.3 is 24.8 Å². The average Bonchev–Trinajstić information content (AvgIpc) is 3.21. The second kappa shape index (κ2) is 5.66. The lowest BCUT2D eigenvalue weighted by Gasteiger charge is -2.63. The van der Waals surface area contributed by atoms with Gasteiger partial charge in [-0.15, -0.1) is 0 Å². The molecule has 26 heavy (non-hydrogen) atoms. The Morgan fingerprint density at radius 1 is 0.769 bits per heavy atom. The van der Waals surface area contributed by atoms with E-state index in [2.05, 4.69) is 13.8 Å². The Morgan fingerprint density at radius 2 is 1.46 bits per heavy atom. The number of hydrogen-bond acceptors (Lipinski definition) is 5.